The standard InChI is InChI=1S/C6H9O2.3CH4O.Ti/c1-3-5-8-6(7)4-2;3*1-2;/h4H,1-3,5H2;3*2H,1H3;/q-1;;;;. The maximum atomic E-state index is 10.2. The Bertz CT molecular complexity index is 98.5. The van der Waals surface area contributed by atoms with E-state index < -0.39 is 0 Å². The maximum Gasteiger partial charge on any atom is 0.330 e. The summed E-state index contributed by atoms with van der Waals surface area (Å²) >= 11 is 0. The number of carbonyl (C=O) groups is 1. The monoisotopic (exact) mass is 257 g/mol. The van der Waals surface area contributed by atoms with E-state index in [0.717, 1.165) is 27.4 Å². The number of esters is 1. The number of aliphatic hydroxyl groups excluding tert-OH is 3. The van der Waals surface area contributed by atoms with Crippen molar-refractivity contribution in [2.75, 3.05) is 27.9 Å². The van der Waals surface area contributed by atoms with Crippen LogP contribution < -0.4 is 0 Å². The zero-order valence-corrected chi connectivity index (χ0v) is 11.1. The summed E-state index contributed by atoms with van der Waals surface area (Å²) in [6.07, 6.45) is 1.75. The number of ether oxygens (including phenoxy) is 1. The van der Waals surface area contributed by atoms with Gasteiger partial charge in [0, 0.05) is 49.1 Å². The molecule has 0 atom stereocenters. The van der Waals surface area contributed by atoms with Crippen molar-refractivity contribution in [3.8, 4) is 0 Å². The van der Waals surface area contributed by atoms with Gasteiger partial charge in [-0.25, -0.2) is 4.79 Å². The molecule has 0 aromatic rings. The average Bonchev–Trinajstić information content (AvgIpc) is 2.33. The molecular formula is C9H21O5Ti-. The predicted octanol–water partition coefficient (Wildman–Crippen LogP) is -0.237. The number of hydrogen-bond donors (Lipinski definition) is 3. The molecule has 0 rings (SSSR count). The molecule has 0 saturated heterocycles. The van der Waals surface area contributed by atoms with Crippen LogP contribution in [0.25, 0.3) is 0 Å². The molecule has 15 heavy (non-hydrogen) atoms. The molecule has 5 nitrogen and oxygen atoms in total. The zero-order valence-electron chi connectivity index (χ0n) is 9.56. The first kappa shape index (κ1) is 29.3. The van der Waals surface area contributed by atoms with Crippen molar-refractivity contribution >= 4 is 5.97 Å². The summed E-state index contributed by atoms with van der Waals surface area (Å²) in [4.78, 5) is 10.2. The molecule has 0 aromatic carbocycles. The summed E-state index contributed by atoms with van der Waals surface area (Å²) in [5, 5.41) is 21.0. The smallest absolute Gasteiger partial charge is 0.330 e. The van der Waals surface area contributed by atoms with Crippen molar-refractivity contribution in [2.24, 2.45) is 0 Å². The Kier molecular flexibility index (Phi) is 95.6. The number of carbonyl (C=O) groups excluding carboxylic acids is 1. The quantitative estimate of drug-likeness (QED) is 0.281. The first-order valence-corrected chi connectivity index (χ1v) is 3.74. The first-order valence-electron chi connectivity index (χ1n) is 3.74. The van der Waals surface area contributed by atoms with Gasteiger partial charge in [-0.1, -0.05) is 6.58 Å². The Morgan fingerprint density at radius 2 is 1.60 bits per heavy atom. The largest absolute Gasteiger partial charge is 0.465 e. The van der Waals surface area contributed by atoms with Crippen molar-refractivity contribution in [1.29, 1.82) is 0 Å². The average molecular weight is 257 g/mol. The molecule has 0 aliphatic heterocycles. The summed E-state index contributed by atoms with van der Waals surface area (Å²) in [5.41, 5.74) is 0. The molecule has 3 N–H and O–H groups in total. The Labute approximate surface area is 107 Å². The third kappa shape index (κ3) is 57.1. The van der Waals surface area contributed by atoms with E-state index >= 15 is 0 Å². The van der Waals surface area contributed by atoms with E-state index in [4.69, 9.17) is 15.3 Å². The Morgan fingerprint density at radius 1 is 1.27 bits per heavy atom. The topological polar surface area (TPSA) is 87.0 Å². The fraction of sp³-hybridized carbons (Fsp3) is 0.556. The van der Waals surface area contributed by atoms with Crippen molar-refractivity contribution in [3.05, 3.63) is 19.6 Å². The second kappa shape index (κ2) is 48.9. The van der Waals surface area contributed by atoms with E-state index in [9.17, 15) is 4.79 Å². The van der Waals surface area contributed by atoms with E-state index in [0.29, 0.717) is 13.0 Å². The van der Waals surface area contributed by atoms with Crippen LogP contribution >= 0.6 is 0 Å². The van der Waals surface area contributed by atoms with Gasteiger partial charge in [0.2, 0.25) is 0 Å². The summed E-state index contributed by atoms with van der Waals surface area (Å²) in [7, 11) is 3.00. The molecule has 0 aliphatic rings. The fourth-order valence-corrected chi connectivity index (χ4v) is 0.232. The second-order valence-corrected chi connectivity index (χ2v) is 1.23. The van der Waals surface area contributed by atoms with Crippen LogP contribution in [0.2, 0.25) is 0 Å². The van der Waals surface area contributed by atoms with Gasteiger partial charge in [0.05, 0.1) is 6.61 Å². The van der Waals surface area contributed by atoms with Crippen LogP contribution in [-0.4, -0.2) is 49.2 Å². The van der Waals surface area contributed by atoms with Gasteiger partial charge in [-0.2, -0.15) is 0 Å². The van der Waals surface area contributed by atoms with Crippen molar-refractivity contribution < 1.29 is 46.6 Å². The number of rotatable bonds is 3. The molecule has 0 amide bonds. The second-order valence-electron chi connectivity index (χ2n) is 1.23. The molecule has 0 bridgehead atoms. The third-order valence-corrected chi connectivity index (χ3v) is 0.555. The number of hydrogen-bond acceptors (Lipinski definition) is 5. The van der Waals surface area contributed by atoms with Gasteiger partial charge in [0.25, 0.3) is 0 Å². The molecule has 0 fully saturated rings. The first-order chi connectivity index (χ1) is 6.81. The molecule has 0 spiro atoms. The van der Waals surface area contributed by atoms with E-state index in [1.807, 2.05) is 0 Å². The summed E-state index contributed by atoms with van der Waals surface area (Å²) in [6.45, 7) is 7.08. The van der Waals surface area contributed by atoms with Gasteiger partial charge < -0.3 is 27.0 Å². The molecule has 0 heterocycles. The van der Waals surface area contributed by atoms with Crippen LogP contribution in [-0.2, 0) is 31.2 Å². The molecule has 0 radical (unpaired) electrons. The fourth-order valence-electron chi connectivity index (χ4n) is 0.232. The Hall–Kier alpha value is -0.196. The Balaban J connectivity index is -0.0000000410. The normalized spacial score (nSPS) is 5.53. The van der Waals surface area contributed by atoms with E-state index in [2.05, 4.69) is 18.2 Å². The van der Waals surface area contributed by atoms with Gasteiger partial charge >= 0.3 is 5.97 Å². The van der Waals surface area contributed by atoms with Crippen LogP contribution in [0.4, 0.5) is 0 Å². The maximum absolute atomic E-state index is 10.2. The minimum absolute atomic E-state index is 0. The molecule has 0 unspecified atom stereocenters. The third-order valence-electron chi connectivity index (χ3n) is 0.555. The summed E-state index contributed by atoms with van der Waals surface area (Å²) in [5.74, 6) is -0.381. The van der Waals surface area contributed by atoms with Crippen molar-refractivity contribution in [1.82, 2.24) is 0 Å². The van der Waals surface area contributed by atoms with Crippen LogP contribution in [0.15, 0.2) is 12.7 Å². The summed E-state index contributed by atoms with van der Waals surface area (Å²) < 4.78 is 4.52. The predicted molar refractivity (Wildman–Crippen MR) is 55.6 cm³/mol. The number of aliphatic hydroxyl groups is 3. The minimum Gasteiger partial charge on any atom is -0.465 e. The molecule has 0 aliphatic carbocycles. The van der Waals surface area contributed by atoms with Crippen LogP contribution in [0.3, 0.4) is 0 Å². The van der Waals surface area contributed by atoms with Crippen LogP contribution in [0.5, 0.6) is 0 Å². The van der Waals surface area contributed by atoms with E-state index in [1.54, 1.807) is 0 Å². The molecule has 0 saturated carbocycles. The van der Waals surface area contributed by atoms with Crippen molar-refractivity contribution in [3.63, 3.8) is 0 Å². The SMILES string of the molecule is C=CC(=O)OCC[CH2-].CO.CO.CO.[Ti]. The van der Waals surface area contributed by atoms with Gasteiger partial charge in [0.1, 0.15) is 0 Å². The molecule has 6 heteroatoms. The van der Waals surface area contributed by atoms with E-state index in [1.165, 1.54) is 0 Å². The van der Waals surface area contributed by atoms with Gasteiger partial charge in [-0.05, 0) is 0 Å². The molecule has 0 aromatic heterocycles. The summed E-state index contributed by atoms with van der Waals surface area (Å²) in [6, 6.07) is 0. The van der Waals surface area contributed by atoms with Crippen molar-refractivity contribution in [2.45, 2.75) is 6.42 Å². The van der Waals surface area contributed by atoms with Gasteiger partial charge in [-0.3, -0.25) is 0 Å². The van der Waals surface area contributed by atoms with Crippen LogP contribution in [0, 0.1) is 6.92 Å². The zero-order chi connectivity index (χ0) is 12.4. The van der Waals surface area contributed by atoms with Gasteiger partial charge in [-0.15, -0.1) is 6.42 Å². The van der Waals surface area contributed by atoms with E-state index in [-0.39, 0.29) is 27.7 Å². The molecule has 92 valence electrons. The minimum atomic E-state index is -0.381. The molecular weight excluding hydrogens is 236 g/mol. The van der Waals surface area contributed by atoms with Gasteiger partial charge in [0.15, 0.2) is 0 Å². The van der Waals surface area contributed by atoms with Crippen LogP contribution in [0.1, 0.15) is 6.42 Å². The Morgan fingerprint density at radius 3 is 1.80 bits per heavy atom.